The Kier molecular flexibility index (Phi) is 11.2. The van der Waals surface area contributed by atoms with Crippen molar-refractivity contribution in [2.45, 2.75) is 150 Å². The zero-order valence-corrected chi connectivity index (χ0v) is 28.3. The lowest BCUT2D eigenvalue weighted by atomic mass is 9.70. The second-order valence-corrected chi connectivity index (χ2v) is 14.4. The molecule has 0 aliphatic carbocycles. The van der Waals surface area contributed by atoms with E-state index in [-0.39, 0.29) is 52.5 Å². The lowest BCUT2D eigenvalue weighted by molar-refractivity contribution is -0.227. The standard InChI is InChI=1S/C36H58O7/c1-11-27(35(10)23(6)20-36(13-3,43-35)28-18-19-34(9,12-2)25(8)42-28)32(39)24(7)30(37)21(4)14-16-26-17-15-22(5)31(38)29(26)33(40)41/h15,17,21,23-25,27-28,30,37-38H,11-14,16,18-20H2,1-10H3,(H,40,41)/t21-,23+,24+,25-,27+,28+,30+,34+,35+,36+/m1/s1. The molecule has 0 bridgehead atoms. The van der Waals surface area contributed by atoms with Gasteiger partial charge in [-0.2, -0.15) is 0 Å². The summed E-state index contributed by atoms with van der Waals surface area (Å²) in [5.74, 6) is -2.47. The number of aryl methyl sites for hydroxylation is 2. The molecule has 0 amide bonds. The third-order valence-corrected chi connectivity index (χ3v) is 11.9. The molecule has 0 radical (unpaired) electrons. The van der Waals surface area contributed by atoms with Crippen molar-refractivity contribution in [2.24, 2.45) is 29.1 Å². The molecule has 244 valence electrons. The van der Waals surface area contributed by atoms with E-state index in [1.165, 1.54) is 0 Å². The van der Waals surface area contributed by atoms with Gasteiger partial charge in [0, 0.05) is 11.8 Å². The SMILES string of the molecule is CC[C@@H](C(=O)[C@@H](C)[C@@H](O)[C@H](C)CCc1ccc(C)c(O)c1C(=O)O)[C@@]1(C)O[C@](CC)([C@@H]2CC[C@](C)(CC)[C@@H](C)O2)C[C@@H]1C. The first-order valence-corrected chi connectivity index (χ1v) is 16.6. The number of aliphatic hydroxyl groups excluding tert-OH is 1. The quantitative estimate of drug-likeness (QED) is 0.214. The molecular formula is C36H58O7. The fraction of sp³-hybridized carbons (Fsp3) is 0.778. The molecular weight excluding hydrogens is 544 g/mol. The van der Waals surface area contributed by atoms with Crippen LogP contribution in [0.3, 0.4) is 0 Å². The number of Topliss-reactive ketones (excluding diaryl/α,β-unsaturated/α-hetero) is 1. The molecule has 7 nitrogen and oxygen atoms in total. The van der Waals surface area contributed by atoms with Gasteiger partial charge in [-0.3, -0.25) is 4.79 Å². The molecule has 2 aliphatic heterocycles. The highest BCUT2D eigenvalue weighted by Gasteiger charge is 2.60. The van der Waals surface area contributed by atoms with Crippen LogP contribution in [0.2, 0.25) is 0 Å². The highest BCUT2D eigenvalue weighted by atomic mass is 16.6. The Morgan fingerprint density at radius 1 is 1.09 bits per heavy atom. The van der Waals surface area contributed by atoms with Gasteiger partial charge in [0.15, 0.2) is 0 Å². The van der Waals surface area contributed by atoms with Gasteiger partial charge in [0.25, 0.3) is 0 Å². The Balaban J connectivity index is 1.75. The smallest absolute Gasteiger partial charge is 0.339 e. The van der Waals surface area contributed by atoms with Crippen molar-refractivity contribution in [1.29, 1.82) is 0 Å². The highest BCUT2D eigenvalue weighted by molar-refractivity contribution is 5.93. The number of rotatable bonds is 13. The molecule has 2 aliphatic rings. The lowest BCUT2D eigenvalue weighted by Gasteiger charge is -2.49. The van der Waals surface area contributed by atoms with Crippen LogP contribution in [-0.4, -0.2) is 56.6 Å². The van der Waals surface area contributed by atoms with Crippen LogP contribution in [0.4, 0.5) is 0 Å². The fourth-order valence-corrected chi connectivity index (χ4v) is 7.96. The molecule has 1 aromatic rings. The maximum Gasteiger partial charge on any atom is 0.339 e. The first kappa shape index (κ1) is 35.5. The summed E-state index contributed by atoms with van der Waals surface area (Å²) < 4.78 is 13.8. The number of ketones is 1. The second kappa shape index (κ2) is 13.6. The van der Waals surface area contributed by atoms with Crippen LogP contribution in [0.25, 0.3) is 0 Å². The molecule has 43 heavy (non-hydrogen) atoms. The maximum absolute atomic E-state index is 14.1. The van der Waals surface area contributed by atoms with Gasteiger partial charge in [-0.25, -0.2) is 4.79 Å². The number of hydrogen-bond acceptors (Lipinski definition) is 6. The zero-order chi connectivity index (χ0) is 32.5. The van der Waals surface area contributed by atoms with E-state index in [4.69, 9.17) is 9.47 Å². The monoisotopic (exact) mass is 602 g/mol. The molecule has 3 N–H and O–H groups in total. The number of carboxylic acids is 1. The molecule has 2 heterocycles. The van der Waals surface area contributed by atoms with E-state index in [9.17, 15) is 24.9 Å². The van der Waals surface area contributed by atoms with Gasteiger partial charge in [0.2, 0.25) is 0 Å². The number of benzene rings is 1. The van der Waals surface area contributed by atoms with Crippen LogP contribution in [0.15, 0.2) is 12.1 Å². The minimum Gasteiger partial charge on any atom is -0.507 e. The third kappa shape index (κ3) is 6.69. The summed E-state index contributed by atoms with van der Waals surface area (Å²) in [6, 6.07) is 3.43. The van der Waals surface area contributed by atoms with Crippen LogP contribution in [-0.2, 0) is 20.7 Å². The Morgan fingerprint density at radius 2 is 1.74 bits per heavy atom. The average molecular weight is 603 g/mol. The van der Waals surface area contributed by atoms with E-state index in [0.29, 0.717) is 30.4 Å². The predicted octanol–water partition coefficient (Wildman–Crippen LogP) is 7.51. The van der Waals surface area contributed by atoms with Crippen LogP contribution >= 0.6 is 0 Å². The molecule has 0 saturated carbocycles. The molecule has 3 rings (SSSR count). The Labute approximate surface area is 259 Å². The molecule has 2 fully saturated rings. The Morgan fingerprint density at radius 3 is 2.28 bits per heavy atom. The number of ether oxygens (including phenoxy) is 2. The van der Waals surface area contributed by atoms with Gasteiger partial charge >= 0.3 is 5.97 Å². The van der Waals surface area contributed by atoms with Crippen LogP contribution in [0.5, 0.6) is 5.75 Å². The van der Waals surface area contributed by atoms with Gasteiger partial charge in [-0.05, 0) is 101 Å². The number of carboxylic acid groups (broad SMARTS) is 1. The first-order valence-electron chi connectivity index (χ1n) is 16.6. The second-order valence-electron chi connectivity index (χ2n) is 14.4. The van der Waals surface area contributed by atoms with E-state index in [1.807, 2.05) is 13.8 Å². The normalized spacial score (nSPS) is 34.0. The number of aromatic hydroxyl groups is 1. The fourth-order valence-electron chi connectivity index (χ4n) is 7.96. The van der Waals surface area contributed by atoms with Gasteiger partial charge in [0.1, 0.15) is 17.1 Å². The average Bonchev–Trinajstić information content (AvgIpc) is 3.24. The van der Waals surface area contributed by atoms with Gasteiger partial charge in [-0.15, -0.1) is 0 Å². The van der Waals surface area contributed by atoms with Crippen molar-refractivity contribution in [3.8, 4) is 5.75 Å². The summed E-state index contributed by atoms with van der Waals surface area (Å²) >= 11 is 0. The van der Waals surface area contributed by atoms with E-state index in [1.54, 1.807) is 26.0 Å². The number of carbonyl (C=O) groups excluding carboxylic acids is 1. The van der Waals surface area contributed by atoms with Gasteiger partial charge < -0.3 is 24.8 Å². The first-order chi connectivity index (χ1) is 20.0. The maximum atomic E-state index is 14.1. The zero-order valence-electron chi connectivity index (χ0n) is 28.3. The number of carbonyl (C=O) groups is 2. The molecule has 10 atom stereocenters. The summed E-state index contributed by atoms with van der Waals surface area (Å²) in [6.45, 7) is 20.6. The molecule has 7 heteroatoms. The lowest BCUT2D eigenvalue weighted by Crippen LogP contribution is -2.54. The van der Waals surface area contributed by atoms with Crippen molar-refractivity contribution in [1.82, 2.24) is 0 Å². The molecule has 2 saturated heterocycles. The van der Waals surface area contributed by atoms with Crippen molar-refractivity contribution in [3.05, 3.63) is 28.8 Å². The topological polar surface area (TPSA) is 113 Å². The predicted molar refractivity (Wildman–Crippen MR) is 170 cm³/mol. The van der Waals surface area contributed by atoms with Crippen LogP contribution in [0.1, 0.15) is 129 Å². The Bertz CT molecular complexity index is 1150. The molecule has 0 unspecified atom stereocenters. The van der Waals surface area contributed by atoms with Crippen molar-refractivity contribution < 1.29 is 34.4 Å². The number of aliphatic hydroxyl groups is 1. The van der Waals surface area contributed by atoms with Gasteiger partial charge in [-0.1, -0.05) is 60.6 Å². The van der Waals surface area contributed by atoms with E-state index >= 15 is 0 Å². The van der Waals surface area contributed by atoms with E-state index in [2.05, 4.69) is 41.5 Å². The summed E-state index contributed by atoms with van der Waals surface area (Å²) in [4.78, 5) is 25.9. The number of aromatic carboxylic acids is 1. The Hall–Kier alpha value is -1.96. The summed E-state index contributed by atoms with van der Waals surface area (Å²) in [5, 5.41) is 31.3. The highest BCUT2D eigenvalue weighted by Crippen LogP contribution is 2.54. The van der Waals surface area contributed by atoms with Gasteiger partial charge in [0.05, 0.1) is 29.5 Å². The largest absolute Gasteiger partial charge is 0.507 e. The van der Waals surface area contributed by atoms with Crippen molar-refractivity contribution in [3.63, 3.8) is 0 Å². The number of phenols is 1. The molecule has 0 aromatic heterocycles. The minimum atomic E-state index is -1.17. The van der Waals surface area contributed by atoms with Crippen molar-refractivity contribution in [2.75, 3.05) is 0 Å². The summed E-state index contributed by atoms with van der Waals surface area (Å²) in [6.07, 6.45) is 5.50. The van der Waals surface area contributed by atoms with Crippen molar-refractivity contribution >= 4 is 11.8 Å². The summed E-state index contributed by atoms with van der Waals surface area (Å²) in [7, 11) is 0. The van der Waals surface area contributed by atoms with E-state index < -0.39 is 29.2 Å². The van der Waals surface area contributed by atoms with Crippen LogP contribution < -0.4 is 0 Å². The summed E-state index contributed by atoms with van der Waals surface area (Å²) in [5.41, 5.74) is -0.0122. The minimum absolute atomic E-state index is 0.0102. The molecule has 1 aromatic carbocycles. The van der Waals surface area contributed by atoms with Crippen LogP contribution in [0, 0.1) is 36.0 Å². The third-order valence-electron chi connectivity index (χ3n) is 11.9. The molecule has 0 spiro atoms. The number of hydrogen-bond donors (Lipinski definition) is 3. The van der Waals surface area contributed by atoms with E-state index in [0.717, 1.165) is 32.1 Å².